The Hall–Kier alpha value is -0.800. The van der Waals surface area contributed by atoms with Crippen molar-refractivity contribution < 1.29 is 4.42 Å². The van der Waals surface area contributed by atoms with Gasteiger partial charge in [0.2, 0.25) is 0 Å². The lowest BCUT2D eigenvalue weighted by molar-refractivity contribution is 0.509. The third-order valence-electron chi connectivity index (χ3n) is 2.70. The van der Waals surface area contributed by atoms with E-state index in [4.69, 9.17) is 10.2 Å². The average molecular weight is 282 g/mol. The fourth-order valence-electron chi connectivity index (χ4n) is 1.82. The molecule has 2 N–H and O–H groups in total. The van der Waals surface area contributed by atoms with E-state index in [0.717, 1.165) is 21.2 Å². The van der Waals surface area contributed by atoms with Crippen LogP contribution in [0.25, 0.3) is 11.0 Å². The molecule has 86 valence electrons. The number of halogens is 1. The Bertz CT molecular complexity index is 514. The van der Waals surface area contributed by atoms with E-state index < -0.39 is 0 Å². The summed E-state index contributed by atoms with van der Waals surface area (Å²) in [7, 11) is 0. The third kappa shape index (κ3) is 2.02. The maximum absolute atomic E-state index is 5.84. The van der Waals surface area contributed by atoms with Crippen molar-refractivity contribution >= 4 is 26.9 Å². The standard InChI is InChI=1S/C13H16BrNO/c1-7(2)11-6-10(14)4-9-5-12(8(3)15)16-13(9)11/h4-8H,15H2,1-3H3. The van der Waals surface area contributed by atoms with Crippen LogP contribution in [0.15, 0.2) is 27.1 Å². The van der Waals surface area contributed by atoms with E-state index in [2.05, 4.69) is 41.9 Å². The second-order valence-electron chi connectivity index (χ2n) is 4.51. The van der Waals surface area contributed by atoms with Gasteiger partial charge in [0, 0.05) is 9.86 Å². The van der Waals surface area contributed by atoms with Gasteiger partial charge in [0.1, 0.15) is 11.3 Å². The molecule has 0 bridgehead atoms. The van der Waals surface area contributed by atoms with Gasteiger partial charge in [0.25, 0.3) is 0 Å². The van der Waals surface area contributed by atoms with Gasteiger partial charge < -0.3 is 10.2 Å². The Morgan fingerprint density at radius 3 is 2.44 bits per heavy atom. The van der Waals surface area contributed by atoms with Crippen molar-refractivity contribution in [2.75, 3.05) is 0 Å². The summed E-state index contributed by atoms with van der Waals surface area (Å²) in [4.78, 5) is 0. The Kier molecular flexibility index (Phi) is 3.08. The molecule has 0 radical (unpaired) electrons. The summed E-state index contributed by atoms with van der Waals surface area (Å²) in [6.45, 7) is 6.26. The predicted octanol–water partition coefficient (Wildman–Crippen LogP) is 4.34. The van der Waals surface area contributed by atoms with Gasteiger partial charge in [-0.2, -0.15) is 0 Å². The quantitative estimate of drug-likeness (QED) is 0.890. The molecule has 0 aliphatic carbocycles. The van der Waals surface area contributed by atoms with E-state index >= 15 is 0 Å². The third-order valence-corrected chi connectivity index (χ3v) is 3.16. The number of benzene rings is 1. The topological polar surface area (TPSA) is 39.2 Å². The van der Waals surface area contributed by atoms with E-state index in [1.165, 1.54) is 5.56 Å². The molecule has 1 atom stereocenters. The fraction of sp³-hybridized carbons (Fsp3) is 0.385. The Morgan fingerprint density at radius 1 is 1.19 bits per heavy atom. The number of hydrogen-bond donors (Lipinski definition) is 1. The van der Waals surface area contributed by atoms with Crippen LogP contribution in [0.1, 0.15) is 44.1 Å². The smallest absolute Gasteiger partial charge is 0.137 e. The highest BCUT2D eigenvalue weighted by molar-refractivity contribution is 9.10. The normalized spacial score (nSPS) is 13.6. The maximum Gasteiger partial charge on any atom is 0.137 e. The molecule has 0 aliphatic heterocycles. The van der Waals surface area contributed by atoms with Gasteiger partial charge in [-0.3, -0.25) is 0 Å². The zero-order valence-corrected chi connectivity index (χ0v) is 11.3. The summed E-state index contributed by atoms with van der Waals surface area (Å²) in [5, 5.41) is 1.12. The van der Waals surface area contributed by atoms with Crippen molar-refractivity contribution in [1.82, 2.24) is 0 Å². The van der Waals surface area contributed by atoms with Crippen molar-refractivity contribution in [3.8, 4) is 0 Å². The zero-order chi connectivity index (χ0) is 11.9. The molecule has 1 aromatic carbocycles. The molecule has 0 saturated heterocycles. The van der Waals surface area contributed by atoms with E-state index in [-0.39, 0.29) is 6.04 Å². The molecular formula is C13H16BrNO. The van der Waals surface area contributed by atoms with E-state index in [0.29, 0.717) is 5.92 Å². The van der Waals surface area contributed by atoms with Gasteiger partial charge in [-0.25, -0.2) is 0 Å². The number of nitrogens with two attached hydrogens (primary N) is 1. The van der Waals surface area contributed by atoms with Crippen LogP contribution in [-0.4, -0.2) is 0 Å². The number of fused-ring (bicyclic) bond motifs is 1. The Labute approximate surface area is 104 Å². The molecule has 0 aliphatic rings. The molecule has 16 heavy (non-hydrogen) atoms. The monoisotopic (exact) mass is 281 g/mol. The number of rotatable bonds is 2. The molecular weight excluding hydrogens is 266 g/mol. The molecule has 2 nitrogen and oxygen atoms in total. The van der Waals surface area contributed by atoms with Crippen molar-refractivity contribution in [2.45, 2.75) is 32.7 Å². The second kappa shape index (κ2) is 4.22. The van der Waals surface area contributed by atoms with Crippen LogP contribution in [0, 0.1) is 0 Å². The summed E-state index contributed by atoms with van der Waals surface area (Å²) in [5.74, 6) is 1.28. The lowest BCUT2D eigenvalue weighted by Gasteiger charge is -2.06. The van der Waals surface area contributed by atoms with E-state index in [1.807, 2.05) is 13.0 Å². The summed E-state index contributed by atoms with van der Waals surface area (Å²) in [6.07, 6.45) is 0. The Morgan fingerprint density at radius 2 is 1.88 bits per heavy atom. The fourth-order valence-corrected chi connectivity index (χ4v) is 2.31. The first-order chi connectivity index (χ1) is 7.49. The summed E-state index contributed by atoms with van der Waals surface area (Å²) in [5.41, 5.74) is 8.02. The molecule has 1 heterocycles. The molecule has 2 aromatic rings. The largest absolute Gasteiger partial charge is 0.459 e. The molecule has 3 heteroatoms. The lowest BCUT2D eigenvalue weighted by Crippen LogP contribution is -2.02. The van der Waals surface area contributed by atoms with Crippen LogP contribution in [-0.2, 0) is 0 Å². The van der Waals surface area contributed by atoms with Gasteiger partial charge in [0.15, 0.2) is 0 Å². The molecule has 1 aromatic heterocycles. The first-order valence-electron chi connectivity index (χ1n) is 5.47. The van der Waals surface area contributed by atoms with Crippen molar-refractivity contribution in [3.63, 3.8) is 0 Å². The molecule has 2 rings (SSSR count). The highest BCUT2D eigenvalue weighted by Gasteiger charge is 2.13. The van der Waals surface area contributed by atoms with E-state index in [1.54, 1.807) is 0 Å². The van der Waals surface area contributed by atoms with Gasteiger partial charge in [-0.05, 0) is 36.6 Å². The number of hydrogen-bond acceptors (Lipinski definition) is 2. The van der Waals surface area contributed by atoms with Crippen LogP contribution in [0.4, 0.5) is 0 Å². The SMILES string of the molecule is CC(C)c1cc(Br)cc2cc(C(C)N)oc12. The highest BCUT2D eigenvalue weighted by atomic mass is 79.9. The van der Waals surface area contributed by atoms with Crippen molar-refractivity contribution in [3.05, 3.63) is 34.0 Å². The van der Waals surface area contributed by atoms with Crippen LogP contribution in [0.3, 0.4) is 0 Å². The maximum atomic E-state index is 5.84. The van der Waals surface area contributed by atoms with Crippen LogP contribution in [0.2, 0.25) is 0 Å². The lowest BCUT2D eigenvalue weighted by atomic mass is 10.0. The summed E-state index contributed by atoms with van der Waals surface area (Å²) >= 11 is 3.52. The minimum atomic E-state index is -0.0637. The first-order valence-corrected chi connectivity index (χ1v) is 6.27. The van der Waals surface area contributed by atoms with Crippen molar-refractivity contribution in [2.24, 2.45) is 5.73 Å². The van der Waals surface area contributed by atoms with Crippen molar-refractivity contribution in [1.29, 1.82) is 0 Å². The van der Waals surface area contributed by atoms with E-state index in [9.17, 15) is 0 Å². The van der Waals surface area contributed by atoms with Crippen LogP contribution < -0.4 is 5.73 Å². The van der Waals surface area contributed by atoms with Crippen LogP contribution in [0.5, 0.6) is 0 Å². The molecule has 0 spiro atoms. The molecule has 0 saturated carbocycles. The van der Waals surface area contributed by atoms with Gasteiger partial charge in [-0.15, -0.1) is 0 Å². The Balaban J connectivity index is 2.70. The molecule has 1 unspecified atom stereocenters. The zero-order valence-electron chi connectivity index (χ0n) is 9.75. The summed E-state index contributed by atoms with van der Waals surface area (Å²) in [6, 6.07) is 6.14. The second-order valence-corrected chi connectivity index (χ2v) is 5.42. The highest BCUT2D eigenvalue weighted by Crippen LogP contribution is 2.32. The molecule has 0 amide bonds. The molecule has 0 fully saturated rings. The average Bonchev–Trinajstić information content (AvgIpc) is 2.59. The minimum Gasteiger partial charge on any atom is -0.459 e. The van der Waals surface area contributed by atoms with Gasteiger partial charge >= 0.3 is 0 Å². The number of furan rings is 1. The van der Waals surface area contributed by atoms with Gasteiger partial charge in [0.05, 0.1) is 6.04 Å². The summed E-state index contributed by atoms with van der Waals surface area (Å²) < 4.78 is 6.92. The first kappa shape index (κ1) is 11.7. The van der Waals surface area contributed by atoms with Gasteiger partial charge in [-0.1, -0.05) is 29.8 Å². The predicted molar refractivity (Wildman–Crippen MR) is 70.6 cm³/mol. The minimum absolute atomic E-state index is 0.0637. The van der Waals surface area contributed by atoms with Crippen LogP contribution >= 0.6 is 15.9 Å².